The smallest absolute Gasteiger partial charge is 0.0977 e. The van der Waals surface area contributed by atoms with E-state index in [2.05, 4.69) is 236 Å². The fraction of sp³-hybridized carbons (Fsp3) is 0.0536. The summed E-state index contributed by atoms with van der Waals surface area (Å²) in [4.78, 5) is 4.88. The van der Waals surface area contributed by atoms with Crippen LogP contribution in [0.3, 0.4) is 0 Å². The lowest BCUT2D eigenvalue weighted by Crippen LogP contribution is -2.38. The molecule has 0 amide bonds. The maximum atomic E-state index is 4.26. The topological polar surface area (TPSA) is 6.48 Å². The van der Waals surface area contributed by atoms with E-state index in [1.54, 1.807) is 0 Å². The van der Waals surface area contributed by atoms with Crippen molar-refractivity contribution in [2.45, 2.75) is 19.3 Å². The molecular weight excluding hydrogens is 701 g/mol. The number of nitrogens with zero attached hydrogens (tertiary/aromatic N) is 2. The minimum Gasteiger partial charge on any atom is -0.309 e. The van der Waals surface area contributed by atoms with Gasteiger partial charge in [-0.2, -0.15) is 0 Å². The predicted molar refractivity (Wildman–Crippen MR) is 244 cm³/mol. The van der Waals surface area contributed by atoms with Gasteiger partial charge in [0.2, 0.25) is 0 Å². The van der Waals surface area contributed by atoms with E-state index in [1.807, 2.05) is 0 Å². The van der Waals surface area contributed by atoms with Crippen LogP contribution in [0.15, 0.2) is 206 Å². The Hall–Kier alpha value is -7.38. The fourth-order valence-corrected chi connectivity index (χ4v) is 9.45. The van der Waals surface area contributed by atoms with E-state index in [1.165, 1.54) is 43.8 Å². The lowest BCUT2D eigenvalue weighted by molar-refractivity contribution is 0.655. The van der Waals surface area contributed by atoms with E-state index in [-0.39, 0.29) is 5.41 Å². The van der Waals surface area contributed by atoms with Crippen LogP contribution in [0.25, 0.3) is 49.8 Å². The first-order valence-electron chi connectivity index (χ1n) is 20.1. The van der Waals surface area contributed by atoms with Crippen LogP contribution in [0.4, 0.5) is 22.7 Å². The van der Waals surface area contributed by atoms with Gasteiger partial charge in [0, 0.05) is 49.7 Å². The SMILES string of the molecule is CC1(C)c2ccccc2-c2ccc3c(c21)=C=C(N(c1ccccc1)c1ccc2ccccc2c1)c1ccccc1C=3N(c1ccccc1)c1ccc2ccccc2c1. The highest BCUT2D eigenvalue weighted by atomic mass is 15.2. The molecule has 0 atom stereocenters. The van der Waals surface area contributed by atoms with E-state index >= 15 is 0 Å². The van der Waals surface area contributed by atoms with Gasteiger partial charge in [-0.25, -0.2) is 0 Å². The van der Waals surface area contributed by atoms with Crippen molar-refractivity contribution in [2.24, 2.45) is 0 Å². The molecule has 274 valence electrons. The number of hydrogen-bond donors (Lipinski definition) is 0. The van der Waals surface area contributed by atoms with Gasteiger partial charge in [-0.15, -0.1) is 0 Å². The van der Waals surface area contributed by atoms with Crippen molar-refractivity contribution in [1.29, 1.82) is 0 Å². The molecule has 0 bridgehead atoms. The van der Waals surface area contributed by atoms with Crippen LogP contribution in [-0.2, 0) is 5.41 Å². The van der Waals surface area contributed by atoms with Crippen LogP contribution >= 0.6 is 0 Å². The molecule has 0 aromatic heterocycles. The van der Waals surface area contributed by atoms with Crippen LogP contribution < -0.4 is 20.2 Å². The summed E-state index contributed by atoms with van der Waals surface area (Å²) in [5.74, 6) is 0. The molecule has 2 heteroatoms. The summed E-state index contributed by atoms with van der Waals surface area (Å²) in [6, 6.07) is 75.1. The molecule has 0 saturated heterocycles. The van der Waals surface area contributed by atoms with Crippen molar-refractivity contribution in [3.05, 3.63) is 239 Å². The van der Waals surface area contributed by atoms with Gasteiger partial charge in [0.1, 0.15) is 0 Å². The van der Waals surface area contributed by atoms with Crippen LogP contribution in [-0.4, -0.2) is 0 Å². The van der Waals surface area contributed by atoms with E-state index in [4.69, 9.17) is 0 Å². The van der Waals surface area contributed by atoms with E-state index in [9.17, 15) is 0 Å². The zero-order valence-electron chi connectivity index (χ0n) is 32.5. The molecule has 9 aromatic rings. The summed E-state index contributed by atoms with van der Waals surface area (Å²) < 4.78 is 0. The molecule has 9 aromatic carbocycles. The van der Waals surface area contributed by atoms with Gasteiger partial charge in [-0.05, 0) is 92.3 Å². The van der Waals surface area contributed by atoms with Crippen molar-refractivity contribution in [3.8, 4) is 11.1 Å². The van der Waals surface area contributed by atoms with Crippen LogP contribution in [0.5, 0.6) is 0 Å². The molecule has 58 heavy (non-hydrogen) atoms. The van der Waals surface area contributed by atoms with Crippen LogP contribution in [0, 0.1) is 0 Å². The average Bonchev–Trinajstić information content (AvgIpc) is 3.42. The number of fused-ring (bicyclic) bond motifs is 8. The van der Waals surface area contributed by atoms with E-state index < -0.39 is 0 Å². The second kappa shape index (κ2) is 13.4. The average molecular weight is 741 g/mol. The summed E-state index contributed by atoms with van der Waals surface area (Å²) in [6.45, 7) is 4.77. The van der Waals surface area contributed by atoms with Gasteiger partial charge in [0.05, 0.1) is 11.4 Å². The minimum atomic E-state index is -0.280. The van der Waals surface area contributed by atoms with Crippen molar-refractivity contribution in [3.63, 3.8) is 0 Å². The summed E-state index contributed by atoms with van der Waals surface area (Å²) >= 11 is 0. The van der Waals surface area contributed by atoms with Crippen LogP contribution in [0.1, 0.15) is 36.1 Å². The summed E-state index contributed by atoms with van der Waals surface area (Å²) in [5.41, 5.74) is 17.9. The van der Waals surface area contributed by atoms with Gasteiger partial charge in [-0.3, -0.25) is 0 Å². The molecule has 0 unspecified atom stereocenters. The molecule has 2 aliphatic carbocycles. The zero-order valence-corrected chi connectivity index (χ0v) is 32.5. The number of hydrogen-bond acceptors (Lipinski definition) is 2. The molecule has 0 spiro atoms. The number of anilines is 4. The minimum absolute atomic E-state index is 0.280. The molecule has 0 saturated carbocycles. The van der Waals surface area contributed by atoms with Gasteiger partial charge in [0.15, 0.2) is 0 Å². The number of rotatable bonds is 6. The number of benzene rings is 9. The Labute approximate surface area is 339 Å². The second-order valence-electron chi connectivity index (χ2n) is 15.9. The highest BCUT2D eigenvalue weighted by molar-refractivity contribution is 6.02. The maximum absolute atomic E-state index is 4.26. The van der Waals surface area contributed by atoms with Crippen molar-refractivity contribution < 1.29 is 0 Å². The van der Waals surface area contributed by atoms with Gasteiger partial charge < -0.3 is 9.80 Å². The number of para-hydroxylation sites is 2. The van der Waals surface area contributed by atoms with Gasteiger partial charge in [-0.1, -0.05) is 177 Å². The Balaban J connectivity index is 1.33. The Morgan fingerprint density at radius 1 is 0.379 bits per heavy atom. The quantitative estimate of drug-likeness (QED) is 0.167. The first-order valence-corrected chi connectivity index (χ1v) is 20.1. The third-order valence-corrected chi connectivity index (χ3v) is 12.1. The third-order valence-electron chi connectivity index (χ3n) is 12.1. The second-order valence-corrected chi connectivity index (χ2v) is 15.9. The highest BCUT2D eigenvalue weighted by Gasteiger charge is 2.37. The molecule has 0 aliphatic heterocycles. The van der Waals surface area contributed by atoms with Crippen molar-refractivity contribution in [1.82, 2.24) is 0 Å². The monoisotopic (exact) mass is 740 g/mol. The summed E-state index contributed by atoms with van der Waals surface area (Å²) in [7, 11) is 0. The molecular formula is C56H40N2. The standard InChI is InChI=1S/C56H40N2/c1-56(2)52-28-16-15-25-46(52)48-33-34-50-51(54(48)56)37-53(57(42-21-5-3-6-22-42)44-31-29-38-17-9-11-19-40(38)35-44)47-26-13-14-27-49(47)55(50)58(43-23-7-4-8-24-43)45-32-30-39-18-10-12-20-41(39)36-45/h3-36H,1-2H3. The molecule has 0 N–H and O–H groups in total. The normalized spacial score (nSPS) is 13.4. The Morgan fingerprint density at radius 2 is 0.879 bits per heavy atom. The van der Waals surface area contributed by atoms with Crippen molar-refractivity contribution in [2.75, 3.05) is 9.80 Å². The first-order chi connectivity index (χ1) is 28.5. The molecule has 0 fully saturated rings. The highest BCUT2D eigenvalue weighted by Crippen LogP contribution is 2.48. The van der Waals surface area contributed by atoms with E-state index in [0.717, 1.165) is 55.7 Å². The lowest BCUT2D eigenvalue weighted by atomic mass is 9.81. The summed E-state index contributed by atoms with van der Waals surface area (Å²) in [6.07, 6.45) is 0. The molecule has 2 nitrogen and oxygen atoms in total. The van der Waals surface area contributed by atoms with E-state index in [0.29, 0.717) is 0 Å². The zero-order chi connectivity index (χ0) is 38.8. The molecule has 0 radical (unpaired) electrons. The molecule has 0 heterocycles. The van der Waals surface area contributed by atoms with Gasteiger partial charge >= 0.3 is 0 Å². The Bertz CT molecular complexity index is 3240. The third kappa shape index (κ3) is 5.35. The first kappa shape index (κ1) is 33.9. The fourth-order valence-electron chi connectivity index (χ4n) is 9.45. The summed E-state index contributed by atoms with van der Waals surface area (Å²) in [5, 5.41) is 7.08. The van der Waals surface area contributed by atoms with Crippen LogP contribution in [0.2, 0.25) is 0 Å². The molecule has 2 aliphatic rings. The Morgan fingerprint density at radius 3 is 1.52 bits per heavy atom. The molecule has 11 rings (SSSR count). The van der Waals surface area contributed by atoms with Crippen molar-refractivity contribution >= 4 is 61.4 Å². The maximum Gasteiger partial charge on any atom is 0.0977 e. The lowest BCUT2D eigenvalue weighted by Gasteiger charge is -2.31. The van der Waals surface area contributed by atoms with Gasteiger partial charge in [0.25, 0.3) is 0 Å². The Kier molecular flexibility index (Phi) is 7.83. The predicted octanol–water partition coefficient (Wildman–Crippen LogP) is 12.9. The largest absolute Gasteiger partial charge is 0.309 e.